The molecule has 140 valence electrons. The predicted molar refractivity (Wildman–Crippen MR) is 108 cm³/mol. The molecule has 0 saturated carbocycles. The van der Waals surface area contributed by atoms with Crippen molar-refractivity contribution in [2.45, 2.75) is 30.7 Å². The molecule has 1 heterocycles. The minimum atomic E-state index is -0.345. The summed E-state index contributed by atoms with van der Waals surface area (Å²) in [6, 6.07) is 15.5. The lowest BCUT2D eigenvalue weighted by Crippen LogP contribution is -2.22. The van der Waals surface area contributed by atoms with E-state index in [1.54, 1.807) is 13.2 Å². The first kappa shape index (κ1) is 19.0. The number of carbonyl (C=O) groups is 1. The quantitative estimate of drug-likeness (QED) is 0.600. The van der Waals surface area contributed by atoms with Crippen LogP contribution in [0, 0.1) is 0 Å². The molecule has 2 aromatic carbocycles. The van der Waals surface area contributed by atoms with E-state index < -0.39 is 0 Å². The second kappa shape index (κ2) is 8.73. The zero-order chi connectivity index (χ0) is 19.2. The Morgan fingerprint density at radius 3 is 2.74 bits per heavy atom. The number of hydrogen-bond acceptors (Lipinski definition) is 5. The van der Waals surface area contributed by atoms with Crippen LogP contribution in [0.5, 0.6) is 5.75 Å². The molecule has 0 spiro atoms. The van der Waals surface area contributed by atoms with Gasteiger partial charge in [-0.15, -0.1) is 5.10 Å². The number of H-pyrrole nitrogens is 1. The van der Waals surface area contributed by atoms with Crippen LogP contribution < -0.4 is 10.1 Å². The number of benzene rings is 2. The van der Waals surface area contributed by atoms with Gasteiger partial charge in [0.15, 0.2) is 5.82 Å². The third-order valence-electron chi connectivity index (χ3n) is 4.09. The number of carbonyl (C=O) groups excluding carboxylic acids is 1. The average Bonchev–Trinajstić information content (AvgIpc) is 3.16. The summed E-state index contributed by atoms with van der Waals surface area (Å²) in [5.41, 5.74) is 2.94. The van der Waals surface area contributed by atoms with Gasteiger partial charge in [-0.3, -0.25) is 9.89 Å². The van der Waals surface area contributed by atoms with Gasteiger partial charge in [0.2, 0.25) is 11.1 Å². The van der Waals surface area contributed by atoms with Gasteiger partial charge in [-0.05, 0) is 31.0 Å². The number of thioether (sulfide) groups is 1. The standard InChI is InChI=1S/C20H22N4O2S/c1-4-14-8-10-15(11-9-14)18-22-20(24-23-18)27-13(2)19(25)21-16-6-5-7-17(12-16)26-3/h5-13H,4H2,1-3H3,(H,21,25)(H,22,23,24)/t13-/m0/s1. The van der Waals surface area contributed by atoms with Crippen molar-refractivity contribution in [1.82, 2.24) is 15.2 Å². The fourth-order valence-electron chi connectivity index (χ4n) is 2.48. The molecule has 7 heteroatoms. The van der Waals surface area contributed by atoms with Crippen molar-refractivity contribution in [3.05, 3.63) is 54.1 Å². The highest BCUT2D eigenvalue weighted by Gasteiger charge is 2.18. The van der Waals surface area contributed by atoms with Gasteiger partial charge >= 0.3 is 0 Å². The molecule has 0 fully saturated rings. The van der Waals surface area contributed by atoms with Gasteiger partial charge in [0.1, 0.15) is 5.75 Å². The first-order chi connectivity index (χ1) is 13.1. The molecule has 2 N–H and O–H groups in total. The fourth-order valence-corrected chi connectivity index (χ4v) is 3.21. The zero-order valence-electron chi connectivity index (χ0n) is 15.5. The Hall–Kier alpha value is -2.80. The minimum Gasteiger partial charge on any atom is -0.497 e. The van der Waals surface area contributed by atoms with Gasteiger partial charge in [-0.2, -0.15) is 0 Å². The molecular weight excluding hydrogens is 360 g/mol. The lowest BCUT2D eigenvalue weighted by Gasteiger charge is -2.10. The summed E-state index contributed by atoms with van der Waals surface area (Å²) in [6.45, 7) is 3.95. The van der Waals surface area contributed by atoms with E-state index in [4.69, 9.17) is 4.74 Å². The number of ether oxygens (including phenoxy) is 1. The van der Waals surface area contributed by atoms with Crippen molar-refractivity contribution in [2.24, 2.45) is 0 Å². The highest BCUT2D eigenvalue weighted by atomic mass is 32.2. The first-order valence-corrected chi connectivity index (χ1v) is 9.60. The SMILES string of the molecule is CCc1ccc(-c2nc(S[C@@H](C)C(=O)Nc3cccc(OC)c3)n[nH]2)cc1. The van der Waals surface area contributed by atoms with E-state index in [0.717, 1.165) is 12.0 Å². The van der Waals surface area contributed by atoms with Crippen LogP contribution in [0.25, 0.3) is 11.4 Å². The Labute approximate surface area is 162 Å². The summed E-state index contributed by atoms with van der Waals surface area (Å²) in [6.07, 6.45) is 0.998. The summed E-state index contributed by atoms with van der Waals surface area (Å²) in [5.74, 6) is 1.27. The van der Waals surface area contributed by atoms with E-state index in [1.165, 1.54) is 17.3 Å². The molecule has 0 aliphatic heterocycles. The van der Waals surface area contributed by atoms with E-state index in [2.05, 4.69) is 39.6 Å². The van der Waals surface area contributed by atoms with Crippen molar-refractivity contribution >= 4 is 23.4 Å². The molecule has 0 saturated heterocycles. The third kappa shape index (κ3) is 4.89. The summed E-state index contributed by atoms with van der Waals surface area (Å²) in [4.78, 5) is 16.9. The average molecular weight is 382 g/mol. The molecule has 1 amide bonds. The van der Waals surface area contributed by atoms with E-state index in [0.29, 0.717) is 22.4 Å². The Morgan fingerprint density at radius 2 is 2.04 bits per heavy atom. The van der Waals surface area contributed by atoms with E-state index in [-0.39, 0.29) is 11.2 Å². The normalized spacial score (nSPS) is 11.8. The molecule has 0 bridgehead atoms. The topological polar surface area (TPSA) is 79.9 Å². The van der Waals surface area contributed by atoms with Crippen LogP contribution in [-0.2, 0) is 11.2 Å². The van der Waals surface area contributed by atoms with Crippen LogP contribution in [-0.4, -0.2) is 33.4 Å². The molecular formula is C20H22N4O2S. The van der Waals surface area contributed by atoms with Crippen molar-refractivity contribution < 1.29 is 9.53 Å². The highest BCUT2D eigenvalue weighted by Crippen LogP contribution is 2.24. The van der Waals surface area contributed by atoms with Crippen LogP contribution in [0.4, 0.5) is 5.69 Å². The second-order valence-electron chi connectivity index (χ2n) is 6.00. The number of nitrogens with zero attached hydrogens (tertiary/aromatic N) is 2. The Balaban J connectivity index is 1.62. The number of aromatic nitrogens is 3. The maximum absolute atomic E-state index is 12.4. The molecule has 0 unspecified atom stereocenters. The number of methoxy groups -OCH3 is 1. The van der Waals surface area contributed by atoms with Crippen molar-refractivity contribution in [1.29, 1.82) is 0 Å². The van der Waals surface area contributed by atoms with Crippen LogP contribution in [0.1, 0.15) is 19.4 Å². The number of aryl methyl sites for hydroxylation is 1. The molecule has 1 aromatic heterocycles. The summed E-state index contributed by atoms with van der Waals surface area (Å²) in [7, 11) is 1.59. The van der Waals surface area contributed by atoms with Gasteiger partial charge in [-0.1, -0.05) is 49.0 Å². The lowest BCUT2D eigenvalue weighted by molar-refractivity contribution is -0.115. The molecule has 27 heavy (non-hydrogen) atoms. The number of rotatable bonds is 7. The molecule has 0 aliphatic rings. The summed E-state index contributed by atoms with van der Waals surface area (Å²) < 4.78 is 5.17. The number of aromatic amines is 1. The smallest absolute Gasteiger partial charge is 0.237 e. The van der Waals surface area contributed by atoms with Crippen molar-refractivity contribution in [3.8, 4) is 17.1 Å². The van der Waals surface area contributed by atoms with Gasteiger partial charge in [0, 0.05) is 17.3 Å². The Bertz CT molecular complexity index is 908. The van der Waals surface area contributed by atoms with E-state index in [1.807, 2.05) is 37.3 Å². The first-order valence-electron chi connectivity index (χ1n) is 8.72. The van der Waals surface area contributed by atoms with Crippen LogP contribution in [0.2, 0.25) is 0 Å². The number of anilines is 1. The Kier molecular flexibility index (Phi) is 6.13. The van der Waals surface area contributed by atoms with Crippen molar-refractivity contribution in [3.63, 3.8) is 0 Å². The summed E-state index contributed by atoms with van der Waals surface area (Å²) in [5, 5.41) is 10.2. The van der Waals surface area contributed by atoms with Gasteiger partial charge < -0.3 is 10.1 Å². The highest BCUT2D eigenvalue weighted by molar-refractivity contribution is 8.00. The molecule has 6 nitrogen and oxygen atoms in total. The molecule has 3 rings (SSSR count). The largest absolute Gasteiger partial charge is 0.497 e. The molecule has 3 aromatic rings. The van der Waals surface area contributed by atoms with Crippen LogP contribution >= 0.6 is 11.8 Å². The van der Waals surface area contributed by atoms with Gasteiger partial charge in [0.25, 0.3) is 0 Å². The zero-order valence-corrected chi connectivity index (χ0v) is 16.3. The molecule has 1 atom stereocenters. The van der Waals surface area contributed by atoms with Crippen LogP contribution in [0.15, 0.2) is 53.7 Å². The third-order valence-corrected chi connectivity index (χ3v) is 5.05. The minimum absolute atomic E-state index is 0.119. The Morgan fingerprint density at radius 1 is 1.26 bits per heavy atom. The number of hydrogen-bond donors (Lipinski definition) is 2. The number of nitrogens with one attached hydrogen (secondary N) is 2. The monoisotopic (exact) mass is 382 g/mol. The number of amides is 1. The van der Waals surface area contributed by atoms with Gasteiger partial charge in [-0.25, -0.2) is 4.98 Å². The second-order valence-corrected chi connectivity index (χ2v) is 7.31. The van der Waals surface area contributed by atoms with E-state index in [9.17, 15) is 4.79 Å². The molecule has 0 aliphatic carbocycles. The predicted octanol–water partition coefficient (Wildman–Crippen LogP) is 4.16. The molecule has 0 radical (unpaired) electrons. The van der Waals surface area contributed by atoms with Crippen LogP contribution in [0.3, 0.4) is 0 Å². The van der Waals surface area contributed by atoms with E-state index >= 15 is 0 Å². The maximum atomic E-state index is 12.4. The maximum Gasteiger partial charge on any atom is 0.237 e. The fraction of sp³-hybridized carbons (Fsp3) is 0.250. The van der Waals surface area contributed by atoms with Crippen molar-refractivity contribution in [2.75, 3.05) is 12.4 Å². The summed E-state index contributed by atoms with van der Waals surface area (Å²) >= 11 is 1.31. The lowest BCUT2D eigenvalue weighted by atomic mass is 10.1. The van der Waals surface area contributed by atoms with Gasteiger partial charge in [0.05, 0.1) is 12.4 Å².